The standard InChI is InChI=1S/C27H46O2.C3H8/c1-20(2)10-7-11-21(3)12-8-13-22(4)14-9-16-27(6)17-15-24-19-25(28)18-23(5)26(24)29-27;1-3-2/h18-22,28H,7-17H2,1-6H3;3H2,1-2H3. The minimum Gasteiger partial charge on any atom is -0.508 e. The predicted octanol–water partition coefficient (Wildman–Crippen LogP) is 9.64. The van der Waals surface area contributed by atoms with Gasteiger partial charge in [0.15, 0.2) is 0 Å². The third kappa shape index (κ3) is 11.1. The molecule has 3 atom stereocenters. The molecular formula is C30H54O2. The van der Waals surface area contributed by atoms with Gasteiger partial charge in [0.2, 0.25) is 0 Å². The number of benzene rings is 1. The minimum atomic E-state index is -0.0562. The number of hydrogen-bond acceptors (Lipinski definition) is 2. The molecule has 0 aromatic heterocycles. The van der Waals surface area contributed by atoms with Crippen LogP contribution in [0.25, 0.3) is 0 Å². The van der Waals surface area contributed by atoms with Gasteiger partial charge in [-0.2, -0.15) is 0 Å². The molecule has 0 saturated heterocycles. The fraction of sp³-hybridized carbons (Fsp3) is 0.800. The third-order valence-electron chi connectivity index (χ3n) is 6.88. The molecule has 0 aliphatic carbocycles. The summed E-state index contributed by atoms with van der Waals surface area (Å²) in [5.74, 6) is 3.92. The molecule has 1 aliphatic heterocycles. The molecule has 0 fully saturated rings. The predicted molar refractivity (Wildman–Crippen MR) is 141 cm³/mol. The molecule has 186 valence electrons. The lowest BCUT2D eigenvalue weighted by Crippen LogP contribution is -2.36. The van der Waals surface area contributed by atoms with E-state index in [9.17, 15) is 5.11 Å². The van der Waals surface area contributed by atoms with Crippen LogP contribution in [0.5, 0.6) is 11.5 Å². The zero-order valence-corrected chi connectivity index (χ0v) is 22.7. The highest BCUT2D eigenvalue weighted by molar-refractivity contribution is 5.47. The molecule has 0 bridgehead atoms. The second-order valence-electron chi connectivity index (χ2n) is 11.4. The molecule has 1 N–H and O–H groups in total. The fourth-order valence-electron chi connectivity index (χ4n) is 4.83. The average molecular weight is 447 g/mol. The van der Waals surface area contributed by atoms with E-state index in [0.717, 1.165) is 53.9 Å². The van der Waals surface area contributed by atoms with Crippen LogP contribution in [0.15, 0.2) is 12.1 Å². The highest BCUT2D eigenvalue weighted by atomic mass is 16.5. The smallest absolute Gasteiger partial charge is 0.126 e. The van der Waals surface area contributed by atoms with Crippen LogP contribution in [0.1, 0.15) is 130 Å². The molecule has 32 heavy (non-hydrogen) atoms. The summed E-state index contributed by atoms with van der Waals surface area (Å²) in [7, 11) is 0. The number of phenolic OH excluding ortho intramolecular Hbond substituents is 1. The summed E-state index contributed by atoms with van der Waals surface area (Å²) in [6, 6.07) is 3.68. The first-order valence-electron chi connectivity index (χ1n) is 13.6. The van der Waals surface area contributed by atoms with Gasteiger partial charge in [0.1, 0.15) is 17.1 Å². The van der Waals surface area contributed by atoms with Crippen molar-refractivity contribution in [3.8, 4) is 11.5 Å². The van der Waals surface area contributed by atoms with Crippen molar-refractivity contribution in [2.75, 3.05) is 0 Å². The quantitative estimate of drug-likeness (QED) is 0.346. The Hall–Kier alpha value is -1.18. The summed E-state index contributed by atoms with van der Waals surface area (Å²) in [6.07, 6.45) is 15.3. The first kappa shape index (κ1) is 28.9. The van der Waals surface area contributed by atoms with E-state index in [0.29, 0.717) is 5.75 Å². The Morgan fingerprint density at radius 1 is 0.906 bits per heavy atom. The largest absolute Gasteiger partial charge is 0.508 e. The highest BCUT2D eigenvalue weighted by Gasteiger charge is 2.32. The number of ether oxygens (including phenoxy) is 1. The lowest BCUT2D eigenvalue weighted by Gasteiger charge is -2.37. The molecule has 1 aliphatic rings. The van der Waals surface area contributed by atoms with E-state index in [2.05, 4.69) is 48.5 Å². The second kappa shape index (κ2) is 14.9. The maximum absolute atomic E-state index is 9.82. The van der Waals surface area contributed by atoms with Gasteiger partial charge in [-0.15, -0.1) is 0 Å². The van der Waals surface area contributed by atoms with Gasteiger partial charge >= 0.3 is 0 Å². The summed E-state index contributed by atoms with van der Waals surface area (Å²) in [5.41, 5.74) is 2.16. The van der Waals surface area contributed by atoms with Crippen LogP contribution in [-0.2, 0) is 6.42 Å². The van der Waals surface area contributed by atoms with Crippen molar-refractivity contribution in [3.05, 3.63) is 23.3 Å². The van der Waals surface area contributed by atoms with Gasteiger partial charge in [0.05, 0.1) is 0 Å². The molecule has 1 heterocycles. The Morgan fingerprint density at radius 3 is 2.00 bits per heavy atom. The first-order chi connectivity index (χ1) is 15.1. The van der Waals surface area contributed by atoms with Crippen molar-refractivity contribution in [2.24, 2.45) is 17.8 Å². The third-order valence-corrected chi connectivity index (χ3v) is 6.88. The molecule has 0 amide bonds. The van der Waals surface area contributed by atoms with Crippen molar-refractivity contribution in [1.82, 2.24) is 0 Å². The van der Waals surface area contributed by atoms with Gasteiger partial charge in [-0.25, -0.2) is 0 Å². The van der Waals surface area contributed by atoms with E-state index in [-0.39, 0.29) is 5.60 Å². The van der Waals surface area contributed by atoms with Crippen molar-refractivity contribution >= 4 is 0 Å². The van der Waals surface area contributed by atoms with Crippen molar-refractivity contribution < 1.29 is 9.84 Å². The molecule has 0 saturated carbocycles. The van der Waals surface area contributed by atoms with Crippen molar-refractivity contribution in [3.63, 3.8) is 0 Å². The lowest BCUT2D eigenvalue weighted by atomic mass is 9.85. The van der Waals surface area contributed by atoms with Crippen LogP contribution in [0, 0.1) is 24.7 Å². The Morgan fingerprint density at radius 2 is 1.44 bits per heavy atom. The van der Waals surface area contributed by atoms with E-state index in [1.807, 2.05) is 19.1 Å². The minimum absolute atomic E-state index is 0.0562. The Labute approximate surface area is 200 Å². The molecule has 2 heteroatoms. The Balaban J connectivity index is 0.00000161. The molecule has 0 radical (unpaired) electrons. The first-order valence-corrected chi connectivity index (χ1v) is 13.6. The van der Waals surface area contributed by atoms with Crippen molar-refractivity contribution in [1.29, 1.82) is 0 Å². The normalized spacial score (nSPS) is 19.5. The maximum atomic E-state index is 9.82. The van der Waals surface area contributed by atoms with Gasteiger partial charge in [-0.1, -0.05) is 92.9 Å². The highest BCUT2D eigenvalue weighted by Crippen LogP contribution is 2.40. The molecule has 2 rings (SSSR count). The molecule has 0 spiro atoms. The number of aryl methyl sites for hydroxylation is 2. The van der Waals surface area contributed by atoms with Crippen LogP contribution >= 0.6 is 0 Å². The summed E-state index contributed by atoms with van der Waals surface area (Å²) in [5, 5.41) is 9.82. The van der Waals surface area contributed by atoms with Gasteiger partial charge in [0, 0.05) is 0 Å². The number of phenols is 1. The van der Waals surface area contributed by atoms with Gasteiger partial charge in [-0.3, -0.25) is 0 Å². The average Bonchev–Trinajstić information content (AvgIpc) is 2.69. The van der Waals surface area contributed by atoms with Crippen LogP contribution in [-0.4, -0.2) is 10.7 Å². The molecular weight excluding hydrogens is 392 g/mol. The SMILES string of the molecule is CCC.Cc1cc(O)cc2c1OC(C)(CCCC(C)CCCC(C)CCCC(C)C)CC2. The monoisotopic (exact) mass is 446 g/mol. The van der Waals surface area contributed by atoms with E-state index in [4.69, 9.17) is 4.74 Å². The van der Waals surface area contributed by atoms with Crippen LogP contribution < -0.4 is 4.74 Å². The van der Waals surface area contributed by atoms with Crippen LogP contribution in [0.3, 0.4) is 0 Å². The fourth-order valence-corrected chi connectivity index (χ4v) is 4.83. The molecule has 1 aromatic rings. The van der Waals surface area contributed by atoms with E-state index in [1.165, 1.54) is 57.8 Å². The zero-order chi connectivity index (χ0) is 24.1. The summed E-state index contributed by atoms with van der Waals surface area (Å²) < 4.78 is 6.44. The Kier molecular flexibility index (Phi) is 13.4. The maximum Gasteiger partial charge on any atom is 0.126 e. The molecule has 2 nitrogen and oxygen atoms in total. The topological polar surface area (TPSA) is 29.5 Å². The van der Waals surface area contributed by atoms with Crippen LogP contribution in [0.4, 0.5) is 0 Å². The number of hydrogen-bond donors (Lipinski definition) is 1. The summed E-state index contributed by atoms with van der Waals surface area (Å²) in [6.45, 7) is 18.1. The molecule has 1 aromatic carbocycles. The van der Waals surface area contributed by atoms with Gasteiger partial charge in [-0.05, 0) is 80.5 Å². The van der Waals surface area contributed by atoms with Crippen LogP contribution in [0.2, 0.25) is 0 Å². The summed E-state index contributed by atoms with van der Waals surface area (Å²) >= 11 is 0. The number of fused-ring (bicyclic) bond motifs is 1. The Bertz CT molecular complexity index is 636. The van der Waals surface area contributed by atoms with Gasteiger partial charge in [0.25, 0.3) is 0 Å². The van der Waals surface area contributed by atoms with E-state index >= 15 is 0 Å². The number of aromatic hydroxyl groups is 1. The lowest BCUT2D eigenvalue weighted by molar-refractivity contribution is 0.0515. The molecule has 3 unspecified atom stereocenters. The zero-order valence-electron chi connectivity index (χ0n) is 22.7. The van der Waals surface area contributed by atoms with Gasteiger partial charge < -0.3 is 9.84 Å². The van der Waals surface area contributed by atoms with Crippen molar-refractivity contribution in [2.45, 2.75) is 138 Å². The summed E-state index contributed by atoms with van der Waals surface area (Å²) in [4.78, 5) is 0. The van der Waals surface area contributed by atoms with E-state index < -0.39 is 0 Å². The second-order valence-corrected chi connectivity index (χ2v) is 11.4. The number of rotatable bonds is 12. The van der Waals surface area contributed by atoms with E-state index in [1.54, 1.807) is 0 Å².